The molecule has 2 aliphatic rings. The first kappa shape index (κ1) is 34.5. The zero-order chi connectivity index (χ0) is 31.0. The summed E-state index contributed by atoms with van der Waals surface area (Å²) in [5.41, 5.74) is 0.0949. The fraction of sp³-hybridized carbons (Fsp3) is 0.720. The lowest BCUT2D eigenvalue weighted by Crippen LogP contribution is -2.51. The Morgan fingerprint density at radius 3 is 2.38 bits per heavy atom. The second kappa shape index (κ2) is 15.6. The minimum absolute atomic E-state index is 0.0326. The third-order valence-corrected chi connectivity index (χ3v) is 9.81. The number of nitro groups is 1. The van der Waals surface area contributed by atoms with Gasteiger partial charge < -0.3 is 33.3 Å². The molecule has 0 aliphatic carbocycles. The number of ether oxygens (including phenoxy) is 4. The topological polar surface area (TPSA) is 136 Å². The molecule has 14 nitrogen and oxygen atoms in total. The van der Waals surface area contributed by atoms with Crippen LogP contribution in [0, 0.1) is 10.1 Å². The van der Waals surface area contributed by atoms with Gasteiger partial charge in [-0.05, 0) is 34.3 Å². The molecule has 0 spiro atoms. The lowest BCUT2D eigenvalue weighted by Gasteiger charge is -2.38. The lowest BCUT2D eigenvalue weighted by molar-refractivity contribution is -0.386. The Morgan fingerprint density at radius 2 is 1.76 bits per heavy atom. The number of hydrogen-bond donors (Lipinski definition) is 0. The highest BCUT2D eigenvalue weighted by atomic mass is 31.2. The van der Waals surface area contributed by atoms with Crippen LogP contribution in [0.4, 0.5) is 10.5 Å². The molecule has 2 heterocycles. The number of carbonyl (C=O) groups excluding carboxylic acids is 1. The number of amides is 1. The quantitative estimate of drug-likeness (QED) is 0.132. The SMILES string of the molecule is BC1CN(C)CC(COP(=O)(N(C)C)N(C)CCC(OC(=O)N2CC(B)OC(COC)C2)c2ccccc2[N+](=O)[O-])O1. The summed E-state index contributed by atoms with van der Waals surface area (Å²) in [6, 6.07) is 5.97. The van der Waals surface area contributed by atoms with Gasteiger partial charge in [-0.25, -0.2) is 14.1 Å². The predicted molar refractivity (Wildman–Crippen MR) is 162 cm³/mol. The van der Waals surface area contributed by atoms with Crippen LogP contribution in [0.2, 0.25) is 0 Å². The number of methoxy groups -OCH3 is 1. The molecule has 0 N–H and O–H groups in total. The van der Waals surface area contributed by atoms with Crippen molar-refractivity contribution in [1.29, 1.82) is 0 Å². The molecule has 234 valence electrons. The van der Waals surface area contributed by atoms with Crippen molar-refractivity contribution in [3.8, 4) is 0 Å². The van der Waals surface area contributed by atoms with Crippen molar-refractivity contribution in [3.63, 3.8) is 0 Å². The first-order chi connectivity index (χ1) is 19.8. The Bertz CT molecular complexity index is 1100. The van der Waals surface area contributed by atoms with Gasteiger partial charge in [-0.2, -0.15) is 0 Å². The van der Waals surface area contributed by atoms with Gasteiger partial charge in [0, 0.05) is 57.8 Å². The van der Waals surface area contributed by atoms with Gasteiger partial charge in [0.2, 0.25) is 0 Å². The molecule has 6 unspecified atom stereocenters. The van der Waals surface area contributed by atoms with Crippen molar-refractivity contribution in [2.45, 2.75) is 36.7 Å². The molecule has 1 aromatic rings. The van der Waals surface area contributed by atoms with E-state index in [0.29, 0.717) is 19.7 Å². The van der Waals surface area contributed by atoms with Crippen LogP contribution in [0.5, 0.6) is 0 Å². The van der Waals surface area contributed by atoms with Crippen LogP contribution < -0.4 is 0 Å². The summed E-state index contributed by atoms with van der Waals surface area (Å²) in [7, 11) is 8.90. The molecule has 2 aliphatic heterocycles. The fourth-order valence-electron chi connectivity index (χ4n) is 5.37. The zero-order valence-corrected chi connectivity index (χ0v) is 26.6. The minimum Gasteiger partial charge on any atom is -0.441 e. The molecule has 1 amide bonds. The van der Waals surface area contributed by atoms with Crippen molar-refractivity contribution < 1.29 is 37.8 Å². The highest BCUT2D eigenvalue weighted by Gasteiger charge is 2.37. The number of nitrogens with zero attached hydrogens (tertiary/aromatic N) is 5. The van der Waals surface area contributed by atoms with Crippen molar-refractivity contribution in [2.24, 2.45) is 0 Å². The summed E-state index contributed by atoms with van der Waals surface area (Å²) in [5, 5.41) is 11.9. The molecule has 42 heavy (non-hydrogen) atoms. The van der Waals surface area contributed by atoms with Gasteiger partial charge >= 0.3 is 13.8 Å². The summed E-state index contributed by atoms with van der Waals surface area (Å²) in [4.78, 5) is 28.4. The maximum atomic E-state index is 14.1. The van der Waals surface area contributed by atoms with Crippen molar-refractivity contribution in [1.82, 2.24) is 19.1 Å². The van der Waals surface area contributed by atoms with E-state index >= 15 is 0 Å². The van der Waals surface area contributed by atoms with E-state index in [1.807, 2.05) is 22.7 Å². The van der Waals surface area contributed by atoms with E-state index in [2.05, 4.69) is 4.90 Å². The number of benzene rings is 1. The number of rotatable bonds is 13. The van der Waals surface area contributed by atoms with Gasteiger partial charge in [0.15, 0.2) is 0 Å². The monoisotopic (exact) mass is 611 g/mol. The van der Waals surface area contributed by atoms with Crippen molar-refractivity contribution in [3.05, 3.63) is 39.9 Å². The highest BCUT2D eigenvalue weighted by molar-refractivity contribution is 7.53. The highest BCUT2D eigenvalue weighted by Crippen LogP contribution is 2.52. The van der Waals surface area contributed by atoms with Crippen LogP contribution in [-0.4, -0.2) is 151 Å². The van der Waals surface area contributed by atoms with Crippen molar-refractivity contribution >= 4 is 35.1 Å². The van der Waals surface area contributed by atoms with Crippen LogP contribution >= 0.6 is 7.67 Å². The first-order valence-corrected chi connectivity index (χ1v) is 15.7. The van der Waals surface area contributed by atoms with Gasteiger partial charge in [0.05, 0.1) is 42.5 Å². The molecule has 0 bridgehead atoms. The van der Waals surface area contributed by atoms with E-state index in [9.17, 15) is 19.5 Å². The Hall–Kier alpha value is -2.03. The predicted octanol–water partition coefficient (Wildman–Crippen LogP) is 0.377. The van der Waals surface area contributed by atoms with E-state index < -0.39 is 24.8 Å². The van der Waals surface area contributed by atoms with Gasteiger partial charge in [-0.3, -0.25) is 14.7 Å². The molecule has 0 aromatic heterocycles. The molecule has 17 heteroatoms. The standard InChI is InChI=1S/C25H44B2N5O9P/c1-28(2)42(36,38-17-18-12-29(3)14-23(26)39-18)30(4)11-10-22(20-8-6-7-9-21(20)32(34)35)41-25(33)31-13-19(16-37-5)40-24(27)15-31/h6-9,18-19,22-24H,10-17,26-27H2,1-5H3. The largest absolute Gasteiger partial charge is 0.441 e. The molecule has 1 aromatic carbocycles. The minimum atomic E-state index is -3.50. The summed E-state index contributed by atoms with van der Waals surface area (Å²) in [6.45, 7) is 2.65. The molecule has 0 radical (unpaired) electrons. The van der Waals surface area contributed by atoms with Crippen LogP contribution in [-0.2, 0) is 28.0 Å². The maximum absolute atomic E-state index is 14.1. The summed E-state index contributed by atoms with van der Waals surface area (Å²) in [5.74, 6) is 0. The van der Waals surface area contributed by atoms with E-state index in [4.69, 9.17) is 23.5 Å². The van der Waals surface area contributed by atoms with Crippen molar-refractivity contribution in [2.75, 3.05) is 81.2 Å². The van der Waals surface area contributed by atoms with Crippen LogP contribution in [0.1, 0.15) is 18.1 Å². The van der Waals surface area contributed by atoms with Gasteiger partial charge in [-0.1, -0.05) is 12.1 Å². The number of hydrogen-bond acceptors (Lipinski definition) is 10. The average molecular weight is 611 g/mol. The number of likely N-dealkylation sites (N-methyl/N-ethyl adjacent to an activating group) is 1. The maximum Gasteiger partial charge on any atom is 0.410 e. The number of para-hydroxylation sites is 1. The van der Waals surface area contributed by atoms with Crippen LogP contribution in [0.25, 0.3) is 0 Å². The number of morpholine rings is 2. The molecule has 2 fully saturated rings. The summed E-state index contributed by atoms with van der Waals surface area (Å²) >= 11 is 0. The third kappa shape index (κ3) is 9.23. The molecule has 3 rings (SSSR count). The lowest BCUT2D eigenvalue weighted by atomic mass is 9.97. The summed E-state index contributed by atoms with van der Waals surface area (Å²) < 4.78 is 46.1. The molecular weight excluding hydrogens is 567 g/mol. The smallest absolute Gasteiger partial charge is 0.410 e. The molecular formula is C25H44B2N5O9P. The molecule has 6 atom stereocenters. The normalized spacial score (nSPS) is 25.7. The molecule has 2 saturated heterocycles. The average Bonchev–Trinajstić information content (AvgIpc) is 2.92. The van der Waals surface area contributed by atoms with E-state index in [1.165, 1.54) is 15.6 Å². The first-order valence-electron chi connectivity index (χ1n) is 14.1. The van der Waals surface area contributed by atoms with E-state index in [-0.39, 0.29) is 61.6 Å². The number of nitro benzene ring substituents is 1. The summed E-state index contributed by atoms with van der Waals surface area (Å²) in [6.07, 6.45) is -2.01. The second-order valence-corrected chi connectivity index (χ2v) is 13.9. The van der Waals surface area contributed by atoms with Crippen LogP contribution in [0.15, 0.2) is 24.3 Å². The second-order valence-electron chi connectivity index (χ2n) is 11.2. The third-order valence-electron chi connectivity index (χ3n) is 7.25. The Kier molecular flexibility index (Phi) is 12.8. The van der Waals surface area contributed by atoms with Crippen LogP contribution in [0.3, 0.4) is 0 Å². The van der Waals surface area contributed by atoms with Gasteiger partial charge in [0.25, 0.3) is 5.69 Å². The van der Waals surface area contributed by atoms with Gasteiger partial charge in [-0.15, -0.1) is 0 Å². The fourth-order valence-corrected chi connectivity index (χ4v) is 7.14. The zero-order valence-electron chi connectivity index (χ0n) is 25.7. The molecule has 0 saturated carbocycles. The number of carbonyl (C=O) groups is 1. The Morgan fingerprint density at radius 1 is 1.12 bits per heavy atom. The Labute approximate surface area is 250 Å². The Balaban J connectivity index is 1.76. The van der Waals surface area contributed by atoms with Gasteiger partial charge in [0.1, 0.15) is 21.8 Å². The van der Waals surface area contributed by atoms with E-state index in [1.54, 1.807) is 51.1 Å². The van der Waals surface area contributed by atoms with E-state index in [0.717, 1.165) is 6.54 Å².